The van der Waals surface area contributed by atoms with Gasteiger partial charge in [-0.25, -0.2) is 9.78 Å². The van der Waals surface area contributed by atoms with E-state index in [1.165, 1.54) is 22.8 Å². The first kappa shape index (κ1) is 15.4. The van der Waals surface area contributed by atoms with Crippen LogP contribution in [0.25, 0.3) is 0 Å². The number of anilines is 1. The van der Waals surface area contributed by atoms with E-state index in [0.29, 0.717) is 15.2 Å². The number of benzene rings is 1. The van der Waals surface area contributed by atoms with Crippen LogP contribution in [0, 0.1) is 10.1 Å². The van der Waals surface area contributed by atoms with Crippen LogP contribution in [0.2, 0.25) is 0 Å². The number of thiazole rings is 1. The predicted molar refractivity (Wildman–Crippen MR) is 81.9 cm³/mol. The van der Waals surface area contributed by atoms with Crippen molar-refractivity contribution in [1.29, 1.82) is 0 Å². The smallest absolute Gasteiger partial charge is 0.355 e. The lowest BCUT2D eigenvalue weighted by molar-refractivity contribution is -0.384. The van der Waals surface area contributed by atoms with E-state index in [0.717, 1.165) is 0 Å². The van der Waals surface area contributed by atoms with Crippen molar-refractivity contribution in [3.63, 3.8) is 0 Å². The number of carboxylic acids is 1. The normalized spacial score (nSPS) is 11.9. The third kappa shape index (κ3) is 3.56. The third-order valence-electron chi connectivity index (χ3n) is 2.64. The maximum Gasteiger partial charge on any atom is 0.355 e. The van der Waals surface area contributed by atoms with Gasteiger partial charge in [-0.15, -0.1) is 11.3 Å². The standard InChI is InChI=1S/C12H10BrN3O4S/c1-6(11-15-9(5-21-11)12(17)18)14-8-3-2-7(13)4-10(8)16(19)20/h2-6,14H,1H3,(H,17,18). The molecular weight excluding hydrogens is 362 g/mol. The first-order valence-corrected chi connectivity index (χ1v) is 7.45. The minimum atomic E-state index is -1.10. The number of nitrogens with zero attached hydrogens (tertiary/aromatic N) is 2. The van der Waals surface area contributed by atoms with Crippen LogP contribution >= 0.6 is 27.3 Å². The van der Waals surface area contributed by atoms with Gasteiger partial charge in [-0.3, -0.25) is 10.1 Å². The number of halogens is 1. The van der Waals surface area contributed by atoms with E-state index in [9.17, 15) is 14.9 Å². The van der Waals surface area contributed by atoms with Gasteiger partial charge in [-0.2, -0.15) is 0 Å². The number of nitro groups is 1. The van der Waals surface area contributed by atoms with Crippen LogP contribution in [0.4, 0.5) is 11.4 Å². The minimum Gasteiger partial charge on any atom is -0.476 e. The molecule has 1 unspecified atom stereocenters. The molecule has 0 saturated heterocycles. The zero-order valence-electron chi connectivity index (χ0n) is 10.7. The molecule has 0 spiro atoms. The lowest BCUT2D eigenvalue weighted by Gasteiger charge is -2.13. The molecule has 0 bridgehead atoms. The maximum atomic E-state index is 11.0. The highest BCUT2D eigenvalue weighted by atomic mass is 79.9. The van der Waals surface area contributed by atoms with E-state index in [-0.39, 0.29) is 17.4 Å². The number of aromatic carboxylic acids is 1. The third-order valence-corrected chi connectivity index (χ3v) is 4.16. The van der Waals surface area contributed by atoms with Crippen molar-refractivity contribution in [3.8, 4) is 0 Å². The van der Waals surface area contributed by atoms with Crippen LogP contribution < -0.4 is 5.32 Å². The van der Waals surface area contributed by atoms with E-state index >= 15 is 0 Å². The van der Waals surface area contributed by atoms with Gasteiger partial charge in [0.05, 0.1) is 11.0 Å². The highest BCUT2D eigenvalue weighted by Crippen LogP contribution is 2.31. The number of aromatic nitrogens is 1. The Kier molecular flexibility index (Phi) is 4.53. The number of nitrogens with one attached hydrogen (secondary N) is 1. The summed E-state index contributed by atoms with van der Waals surface area (Å²) in [5.41, 5.74) is 0.253. The summed E-state index contributed by atoms with van der Waals surface area (Å²) in [6, 6.07) is 4.33. The summed E-state index contributed by atoms with van der Waals surface area (Å²) in [5.74, 6) is -1.10. The van der Waals surface area contributed by atoms with Gasteiger partial charge in [0.15, 0.2) is 5.69 Å². The molecule has 0 aliphatic carbocycles. The molecule has 0 radical (unpaired) electrons. The zero-order valence-corrected chi connectivity index (χ0v) is 13.1. The van der Waals surface area contributed by atoms with Gasteiger partial charge in [0.2, 0.25) is 0 Å². The van der Waals surface area contributed by atoms with Crippen LogP contribution in [-0.2, 0) is 0 Å². The van der Waals surface area contributed by atoms with Gasteiger partial charge in [-0.05, 0) is 19.1 Å². The highest BCUT2D eigenvalue weighted by Gasteiger charge is 2.19. The summed E-state index contributed by atoms with van der Waals surface area (Å²) in [4.78, 5) is 25.3. The van der Waals surface area contributed by atoms with E-state index in [1.807, 2.05) is 0 Å². The van der Waals surface area contributed by atoms with Crippen LogP contribution in [0.3, 0.4) is 0 Å². The molecule has 7 nitrogen and oxygen atoms in total. The number of hydrogen-bond acceptors (Lipinski definition) is 6. The van der Waals surface area contributed by atoms with Crippen LogP contribution in [0.1, 0.15) is 28.5 Å². The fourth-order valence-corrected chi connectivity index (χ4v) is 2.81. The second-order valence-electron chi connectivity index (χ2n) is 4.16. The Bertz CT molecular complexity index is 704. The second kappa shape index (κ2) is 6.19. The summed E-state index contributed by atoms with van der Waals surface area (Å²) in [6.45, 7) is 1.76. The van der Waals surface area contributed by atoms with Crippen molar-refractivity contribution in [1.82, 2.24) is 4.98 Å². The average molecular weight is 372 g/mol. The van der Waals surface area contributed by atoms with E-state index < -0.39 is 10.9 Å². The van der Waals surface area contributed by atoms with Crippen LogP contribution in [-0.4, -0.2) is 21.0 Å². The number of rotatable bonds is 5. The maximum absolute atomic E-state index is 11.0. The average Bonchev–Trinajstić information content (AvgIpc) is 2.90. The van der Waals surface area contributed by atoms with Crippen molar-refractivity contribution in [2.75, 3.05) is 5.32 Å². The van der Waals surface area contributed by atoms with Gasteiger partial charge in [0.25, 0.3) is 5.69 Å². The topological polar surface area (TPSA) is 105 Å². The monoisotopic (exact) mass is 371 g/mol. The van der Waals surface area contributed by atoms with Gasteiger partial charge in [0, 0.05) is 15.9 Å². The zero-order chi connectivity index (χ0) is 15.6. The molecule has 1 atom stereocenters. The van der Waals surface area contributed by atoms with Gasteiger partial charge >= 0.3 is 5.97 Å². The van der Waals surface area contributed by atoms with Crippen LogP contribution in [0.15, 0.2) is 28.1 Å². The number of nitro benzene ring substituents is 1. The molecule has 1 aromatic carbocycles. The molecule has 21 heavy (non-hydrogen) atoms. The van der Waals surface area contributed by atoms with Crippen molar-refractivity contribution in [2.45, 2.75) is 13.0 Å². The molecule has 0 aliphatic heterocycles. The number of carboxylic acid groups (broad SMARTS) is 1. The molecular formula is C12H10BrN3O4S. The molecule has 1 heterocycles. The highest BCUT2D eigenvalue weighted by molar-refractivity contribution is 9.10. The van der Waals surface area contributed by atoms with Crippen molar-refractivity contribution in [2.24, 2.45) is 0 Å². The Morgan fingerprint density at radius 2 is 2.29 bits per heavy atom. The van der Waals surface area contributed by atoms with Crippen molar-refractivity contribution in [3.05, 3.63) is 48.9 Å². The van der Waals surface area contributed by atoms with Gasteiger partial charge < -0.3 is 10.4 Å². The largest absolute Gasteiger partial charge is 0.476 e. The molecule has 9 heteroatoms. The Hall–Kier alpha value is -2.00. The summed E-state index contributed by atoms with van der Waals surface area (Å²) < 4.78 is 0.606. The molecule has 2 rings (SSSR count). The fourth-order valence-electron chi connectivity index (χ4n) is 1.66. The fraction of sp³-hybridized carbons (Fsp3) is 0.167. The number of hydrogen-bond donors (Lipinski definition) is 2. The van der Waals surface area contributed by atoms with Crippen molar-refractivity contribution < 1.29 is 14.8 Å². The Labute approximate surface area is 131 Å². The molecule has 0 amide bonds. The van der Waals surface area contributed by atoms with Gasteiger partial charge in [0.1, 0.15) is 10.7 Å². The molecule has 0 saturated carbocycles. The first-order valence-electron chi connectivity index (χ1n) is 5.77. The lowest BCUT2D eigenvalue weighted by atomic mass is 10.2. The first-order chi connectivity index (χ1) is 9.88. The molecule has 0 fully saturated rings. The van der Waals surface area contributed by atoms with Crippen molar-refractivity contribution >= 4 is 44.6 Å². The van der Waals surface area contributed by atoms with E-state index in [2.05, 4.69) is 26.2 Å². The molecule has 110 valence electrons. The second-order valence-corrected chi connectivity index (χ2v) is 5.97. The Balaban J connectivity index is 2.24. The minimum absolute atomic E-state index is 0.0334. The molecule has 0 aliphatic rings. The molecule has 2 N–H and O–H groups in total. The predicted octanol–water partition coefficient (Wildman–Crippen LogP) is 3.69. The van der Waals surface area contributed by atoms with E-state index in [1.54, 1.807) is 19.1 Å². The van der Waals surface area contributed by atoms with Crippen LogP contribution in [0.5, 0.6) is 0 Å². The summed E-state index contributed by atoms with van der Waals surface area (Å²) >= 11 is 4.38. The van der Waals surface area contributed by atoms with E-state index in [4.69, 9.17) is 5.11 Å². The Morgan fingerprint density at radius 3 is 2.86 bits per heavy atom. The summed E-state index contributed by atoms with van der Waals surface area (Å²) in [7, 11) is 0. The molecule has 2 aromatic rings. The molecule has 1 aromatic heterocycles. The quantitative estimate of drug-likeness (QED) is 0.613. The number of carbonyl (C=O) groups is 1. The summed E-state index contributed by atoms with van der Waals surface area (Å²) in [5, 5.41) is 24.8. The SMILES string of the molecule is CC(Nc1ccc(Br)cc1[N+](=O)[O-])c1nc(C(=O)O)cs1. The van der Waals surface area contributed by atoms with Gasteiger partial charge in [-0.1, -0.05) is 15.9 Å². The lowest BCUT2D eigenvalue weighted by Crippen LogP contribution is -2.09. The summed E-state index contributed by atoms with van der Waals surface area (Å²) in [6.07, 6.45) is 0. The Morgan fingerprint density at radius 1 is 1.57 bits per heavy atom.